The molecule has 1 aromatic heterocycles. The summed E-state index contributed by atoms with van der Waals surface area (Å²) in [4.78, 5) is 13.3. The number of aromatic nitrogens is 1. The van der Waals surface area contributed by atoms with Crippen LogP contribution in [0.25, 0.3) is 17.0 Å². The minimum absolute atomic E-state index is 0.101. The fourth-order valence-corrected chi connectivity index (χ4v) is 2.16. The molecule has 0 N–H and O–H groups in total. The molecule has 0 saturated heterocycles. The van der Waals surface area contributed by atoms with Gasteiger partial charge in [0.2, 0.25) is 0 Å². The summed E-state index contributed by atoms with van der Waals surface area (Å²) < 4.78 is 1.93. The fourth-order valence-electron chi connectivity index (χ4n) is 2.16. The largest absolute Gasteiger partial charge is 0.344 e. The molecule has 0 bridgehead atoms. The molecule has 0 fully saturated rings. The molecule has 1 heterocycles. The Balaban J connectivity index is 2.60. The van der Waals surface area contributed by atoms with Gasteiger partial charge in [-0.2, -0.15) is 5.26 Å². The summed E-state index contributed by atoms with van der Waals surface area (Å²) in [5.41, 5.74) is 1.90. The van der Waals surface area contributed by atoms with Crippen LogP contribution in [-0.2, 0) is 11.3 Å². The van der Waals surface area contributed by atoms with Gasteiger partial charge in [-0.15, -0.1) is 6.42 Å². The second kappa shape index (κ2) is 5.98. The van der Waals surface area contributed by atoms with Crippen LogP contribution in [0.2, 0.25) is 0 Å². The Labute approximate surface area is 123 Å². The molecule has 0 spiro atoms. The number of likely N-dealkylation sites (N-methyl/N-ethyl adjacent to an activating group) is 1. The lowest BCUT2D eigenvalue weighted by Gasteiger charge is -2.08. The van der Waals surface area contributed by atoms with Gasteiger partial charge < -0.3 is 9.47 Å². The lowest BCUT2D eigenvalue weighted by molar-refractivity contribution is -0.124. The maximum Gasteiger partial charge on any atom is 0.264 e. The minimum Gasteiger partial charge on any atom is -0.344 e. The van der Waals surface area contributed by atoms with E-state index in [4.69, 9.17) is 6.42 Å². The molecule has 2 aromatic rings. The molecule has 1 aromatic carbocycles. The summed E-state index contributed by atoms with van der Waals surface area (Å²) in [6.07, 6.45) is 8.85. The Bertz CT molecular complexity index is 798. The monoisotopic (exact) mass is 277 g/mol. The average Bonchev–Trinajstić information content (AvgIpc) is 2.83. The molecular formula is C17H15N3O. The number of benzene rings is 1. The van der Waals surface area contributed by atoms with Crippen molar-refractivity contribution in [2.75, 3.05) is 14.1 Å². The molecule has 4 heteroatoms. The predicted octanol–water partition coefficient (Wildman–Crippen LogP) is 2.27. The first-order chi connectivity index (χ1) is 10.1. The van der Waals surface area contributed by atoms with Gasteiger partial charge in [-0.25, -0.2) is 0 Å². The average molecular weight is 277 g/mol. The van der Waals surface area contributed by atoms with Crippen molar-refractivity contribution in [2.45, 2.75) is 6.54 Å². The Morgan fingerprint density at radius 1 is 1.43 bits per heavy atom. The number of carbonyl (C=O) groups excluding carboxylic acids is 1. The second-order valence-electron chi connectivity index (χ2n) is 4.80. The smallest absolute Gasteiger partial charge is 0.264 e. The van der Waals surface area contributed by atoms with Gasteiger partial charge in [0, 0.05) is 36.8 Å². The van der Waals surface area contributed by atoms with E-state index >= 15 is 0 Å². The molecule has 4 nitrogen and oxygen atoms in total. The number of para-hydroxylation sites is 1. The highest BCUT2D eigenvalue weighted by Gasteiger charge is 2.13. The third-order valence-electron chi connectivity index (χ3n) is 3.14. The van der Waals surface area contributed by atoms with E-state index in [0.717, 1.165) is 16.5 Å². The number of rotatable bonds is 3. The standard InChI is InChI=1S/C17H15N3O/c1-4-9-20-12-14(15-7-5-6-8-16(15)20)10-13(11-18)17(21)19(2)3/h1,5-8,10,12H,9H2,2-3H3/b13-10-. The molecule has 0 saturated carbocycles. The predicted molar refractivity (Wildman–Crippen MR) is 83.1 cm³/mol. The molecule has 1 amide bonds. The molecule has 0 aliphatic rings. The van der Waals surface area contributed by atoms with Gasteiger partial charge in [-0.1, -0.05) is 24.1 Å². The van der Waals surface area contributed by atoms with Gasteiger partial charge in [0.25, 0.3) is 5.91 Å². The second-order valence-corrected chi connectivity index (χ2v) is 4.80. The maximum atomic E-state index is 11.9. The number of nitrogens with zero attached hydrogens (tertiary/aromatic N) is 3. The van der Waals surface area contributed by atoms with E-state index in [1.807, 2.05) is 41.1 Å². The summed E-state index contributed by atoms with van der Waals surface area (Å²) >= 11 is 0. The van der Waals surface area contributed by atoms with Crippen LogP contribution in [0, 0.1) is 23.7 Å². The molecule has 0 atom stereocenters. The summed E-state index contributed by atoms with van der Waals surface area (Å²) in [6.45, 7) is 0.442. The highest BCUT2D eigenvalue weighted by atomic mass is 16.2. The van der Waals surface area contributed by atoms with E-state index in [0.29, 0.717) is 6.54 Å². The molecular weight excluding hydrogens is 262 g/mol. The van der Waals surface area contributed by atoms with Gasteiger partial charge in [-0.05, 0) is 12.1 Å². The quantitative estimate of drug-likeness (QED) is 0.491. The van der Waals surface area contributed by atoms with Crippen molar-refractivity contribution in [3.05, 3.63) is 41.6 Å². The minimum atomic E-state index is -0.314. The van der Waals surface area contributed by atoms with Crippen molar-refractivity contribution in [3.63, 3.8) is 0 Å². The zero-order chi connectivity index (χ0) is 15.4. The lowest BCUT2D eigenvalue weighted by Crippen LogP contribution is -2.22. The number of carbonyl (C=O) groups is 1. The SMILES string of the molecule is C#CCn1cc(/C=C(/C#N)C(=O)N(C)C)c2ccccc21. The van der Waals surface area contributed by atoms with Gasteiger partial charge in [0.1, 0.15) is 11.6 Å². The van der Waals surface area contributed by atoms with Crippen molar-refractivity contribution < 1.29 is 4.79 Å². The summed E-state index contributed by atoms with van der Waals surface area (Å²) in [5.74, 6) is 2.29. The van der Waals surface area contributed by atoms with Crippen molar-refractivity contribution >= 4 is 22.9 Å². The van der Waals surface area contributed by atoms with Crippen LogP contribution in [0.5, 0.6) is 0 Å². The van der Waals surface area contributed by atoms with Gasteiger partial charge in [0.15, 0.2) is 0 Å². The summed E-state index contributed by atoms with van der Waals surface area (Å²) in [5, 5.41) is 10.1. The summed E-state index contributed by atoms with van der Waals surface area (Å²) in [6, 6.07) is 9.71. The third kappa shape index (κ3) is 2.80. The normalized spacial score (nSPS) is 11.0. The van der Waals surface area contributed by atoms with Crippen LogP contribution < -0.4 is 0 Å². The van der Waals surface area contributed by atoms with E-state index < -0.39 is 0 Å². The first-order valence-corrected chi connectivity index (χ1v) is 6.43. The first kappa shape index (κ1) is 14.4. The highest BCUT2D eigenvalue weighted by Crippen LogP contribution is 2.23. The Kier molecular flexibility index (Phi) is 4.11. The topological polar surface area (TPSA) is 49.0 Å². The number of amides is 1. The Hall–Kier alpha value is -2.98. The van der Waals surface area contributed by atoms with Crippen molar-refractivity contribution in [2.24, 2.45) is 0 Å². The van der Waals surface area contributed by atoms with Crippen LogP contribution in [-0.4, -0.2) is 29.5 Å². The van der Waals surface area contributed by atoms with Gasteiger partial charge in [-0.3, -0.25) is 4.79 Å². The van der Waals surface area contributed by atoms with E-state index in [1.165, 1.54) is 4.90 Å². The van der Waals surface area contributed by atoms with Crippen LogP contribution >= 0.6 is 0 Å². The molecule has 0 aliphatic carbocycles. The number of nitriles is 1. The number of fused-ring (bicyclic) bond motifs is 1. The zero-order valence-electron chi connectivity index (χ0n) is 12.0. The molecule has 21 heavy (non-hydrogen) atoms. The fraction of sp³-hybridized carbons (Fsp3) is 0.176. The maximum absolute atomic E-state index is 11.9. The molecule has 104 valence electrons. The van der Waals surface area contributed by atoms with Crippen molar-refractivity contribution in [3.8, 4) is 18.4 Å². The van der Waals surface area contributed by atoms with Crippen LogP contribution in [0.4, 0.5) is 0 Å². The van der Waals surface area contributed by atoms with Gasteiger partial charge in [0.05, 0.1) is 6.54 Å². The Morgan fingerprint density at radius 2 is 2.14 bits per heavy atom. The van der Waals surface area contributed by atoms with Crippen molar-refractivity contribution in [1.29, 1.82) is 5.26 Å². The molecule has 0 aliphatic heterocycles. The van der Waals surface area contributed by atoms with Crippen molar-refractivity contribution in [1.82, 2.24) is 9.47 Å². The van der Waals surface area contributed by atoms with Crippen LogP contribution in [0.15, 0.2) is 36.0 Å². The van der Waals surface area contributed by atoms with Gasteiger partial charge >= 0.3 is 0 Å². The summed E-state index contributed by atoms with van der Waals surface area (Å²) in [7, 11) is 3.24. The van der Waals surface area contributed by atoms with E-state index in [-0.39, 0.29) is 11.5 Å². The van der Waals surface area contributed by atoms with E-state index in [9.17, 15) is 10.1 Å². The van der Waals surface area contributed by atoms with Crippen LogP contribution in [0.3, 0.4) is 0 Å². The molecule has 0 radical (unpaired) electrons. The Morgan fingerprint density at radius 3 is 2.76 bits per heavy atom. The lowest BCUT2D eigenvalue weighted by atomic mass is 10.1. The van der Waals surface area contributed by atoms with Crippen LogP contribution in [0.1, 0.15) is 5.56 Å². The number of hydrogen-bond donors (Lipinski definition) is 0. The third-order valence-corrected chi connectivity index (χ3v) is 3.14. The van der Waals surface area contributed by atoms with E-state index in [1.54, 1.807) is 20.2 Å². The van der Waals surface area contributed by atoms with E-state index in [2.05, 4.69) is 5.92 Å². The number of terminal acetylenes is 1. The molecule has 2 rings (SSSR count). The highest BCUT2D eigenvalue weighted by molar-refractivity contribution is 6.03. The zero-order valence-corrected chi connectivity index (χ0v) is 12.0. The number of hydrogen-bond acceptors (Lipinski definition) is 2. The first-order valence-electron chi connectivity index (χ1n) is 6.43. The molecule has 0 unspecified atom stereocenters.